The second-order valence-corrected chi connectivity index (χ2v) is 6.93. The van der Waals surface area contributed by atoms with Crippen LogP contribution in [0.2, 0.25) is 0 Å². The van der Waals surface area contributed by atoms with Crippen molar-refractivity contribution in [3.8, 4) is 6.07 Å². The molecule has 23 heavy (non-hydrogen) atoms. The first kappa shape index (κ1) is 15.7. The number of aryl methyl sites for hydroxylation is 1. The summed E-state index contributed by atoms with van der Waals surface area (Å²) in [5.41, 5.74) is 2.14. The number of aromatic nitrogens is 1. The Morgan fingerprint density at radius 2 is 2.22 bits per heavy atom. The van der Waals surface area contributed by atoms with Gasteiger partial charge in [-0.05, 0) is 37.5 Å². The molecule has 1 aromatic carbocycles. The second-order valence-electron chi connectivity index (χ2n) is 6.07. The third-order valence-corrected chi connectivity index (χ3v) is 5.47. The fourth-order valence-corrected chi connectivity index (χ4v) is 4.16. The van der Waals surface area contributed by atoms with E-state index in [1.54, 1.807) is 23.5 Å². The molecule has 0 bridgehead atoms. The van der Waals surface area contributed by atoms with Crippen molar-refractivity contribution in [3.63, 3.8) is 0 Å². The van der Waals surface area contributed by atoms with E-state index in [4.69, 9.17) is 5.26 Å². The highest BCUT2D eigenvalue weighted by Crippen LogP contribution is 2.40. The molecule has 1 aromatic heterocycles. The minimum atomic E-state index is -0.332. The van der Waals surface area contributed by atoms with E-state index in [-0.39, 0.29) is 11.4 Å². The van der Waals surface area contributed by atoms with Crippen LogP contribution in [-0.2, 0) is 12.0 Å². The molecular weight excluding hydrogens is 306 g/mol. The highest BCUT2D eigenvalue weighted by Gasteiger charge is 2.39. The van der Waals surface area contributed by atoms with Gasteiger partial charge in [-0.2, -0.15) is 5.26 Å². The van der Waals surface area contributed by atoms with Crippen LogP contribution in [0.1, 0.15) is 52.3 Å². The highest BCUT2D eigenvalue weighted by molar-refractivity contribution is 7.09. The number of carbonyl (C=O) groups excluding carboxylic acids is 1. The molecule has 1 fully saturated rings. The predicted molar refractivity (Wildman–Crippen MR) is 90.2 cm³/mol. The van der Waals surface area contributed by atoms with Gasteiger partial charge in [0.1, 0.15) is 5.01 Å². The molecule has 3 rings (SSSR count). The number of nitrogens with zero attached hydrogens (tertiary/aromatic N) is 2. The van der Waals surface area contributed by atoms with Crippen LogP contribution in [-0.4, -0.2) is 10.9 Å². The zero-order valence-electron chi connectivity index (χ0n) is 13.1. The summed E-state index contributed by atoms with van der Waals surface area (Å²) in [6.07, 6.45) is 4.39. The predicted octanol–water partition coefficient (Wildman–Crippen LogP) is 3.72. The van der Waals surface area contributed by atoms with Gasteiger partial charge in [0, 0.05) is 16.6 Å². The van der Waals surface area contributed by atoms with Gasteiger partial charge in [-0.25, -0.2) is 4.98 Å². The number of nitriles is 1. The average molecular weight is 325 g/mol. The summed E-state index contributed by atoms with van der Waals surface area (Å²) >= 11 is 1.63. The lowest BCUT2D eigenvalue weighted by Gasteiger charge is -2.28. The number of nitrogens with one attached hydrogen (secondary N) is 1. The third-order valence-electron chi connectivity index (χ3n) is 4.31. The van der Waals surface area contributed by atoms with Gasteiger partial charge in [0.05, 0.1) is 18.0 Å². The van der Waals surface area contributed by atoms with Gasteiger partial charge in [-0.15, -0.1) is 11.3 Å². The fourth-order valence-electron chi connectivity index (χ4n) is 3.15. The van der Waals surface area contributed by atoms with Gasteiger partial charge >= 0.3 is 0 Å². The second kappa shape index (κ2) is 6.51. The Balaban J connectivity index is 1.85. The zero-order chi connectivity index (χ0) is 16.3. The summed E-state index contributed by atoms with van der Waals surface area (Å²) in [6.45, 7) is 1.98. The maximum absolute atomic E-state index is 12.7. The minimum Gasteiger partial charge on any atom is -0.340 e. The number of hydrogen-bond donors (Lipinski definition) is 1. The van der Waals surface area contributed by atoms with E-state index in [2.05, 4.69) is 16.4 Å². The van der Waals surface area contributed by atoms with Crippen molar-refractivity contribution in [1.29, 1.82) is 5.26 Å². The first-order valence-electron chi connectivity index (χ1n) is 7.84. The molecule has 5 heteroatoms. The summed E-state index contributed by atoms with van der Waals surface area (Å²) in [5.74, 6) is -0.0838. The molecule has 0 saturated heterocycles. The van der Waals surface area contributed by atoms with Crippen LogP contribution in [0.25, 0.3) is 0 Å². The standard InChI is InChI=1S/C18H19N3OS/c1-13-12-23-17(20-13)18(8-2-3-9-18)21-16(22)15-6-4-5-14(11-15)7-10-19/h4-6,11-12H,2-3,7-9H2,1H3,(H,21,22). The first-order valence-corrected chi connectivity index (χ1v) is 8.72. The Morgan fingerprint density at radius 3 is 2.87 bits per heavy atom. The number of carbonyl (C=O) groups is 1. The number of rotatable bonds is 4. The normalized spacial score (nSPS) is 16.0. The van der Waals surface area contributed by atoms with Gasteiger partial charge in [0.25, 0.3) is 5.91 Å². The maximum atomic E-state index is 12.7. The van der Waals surface area contributed by atoms with Crippen LogP contribution in [0, 0.1) is 18.3 Å². The molecule has 0 spiro atoms. The quantitative estimate of drug-likeness (QED) is 0.931. The van der Waals surface area contributed by atoms with Crippen molar-refractivity contribution in [1.82, 2.24) is 10.3 Å². The monoisotopic (exact) mass is 325 g/mol. The molecular formula is C18H19N3OS. The van der Waals surface area contributed by atoms with E-state index in [0.717, 1.165) is 41.9 Å². The summed E-state index contributed by atoms with van der Waals surface area (Å²) < 4.78 is 0. The molecule has 2 aromatic rings. The van der Waals surface area contributed by atoms with Crippen LogP contribution < -0.4 is 5.32 Å². The van der Waals surface area contributed by atoms with Gasteiger partial charge in [0.2, 0.25) is 0 Å². The Hall–Kier alpha value is -2.19. The third kappa shape index (κ3) is 3.27. The Labute approximate surface area is 140 Å². The van der Waals surface area contributed by atoms with Crippen LogP contribution in [0.4, 0.5) is 0 Å². The minimum absolute atomic E-state index is 0.0838. The molecule has 0 aliphatic heterocycles. The fraction of sp³-hybridized carbons (Fsp3) is 0.389. The molecule has 4 nitrogen and oxygen atoms in total. The number of benzene rings is 1. The van der Waals surface area contributed by atoms with Crippen LogP contribution in [0.3, 0.4) is 0 Å². The molecule has 1 saturated carbocycles. The molecule has 1 heterocycles. The zero-order valence-corrected chi connectivity index (χ0v) is 13.9. The molecule has 0 unspecified atom stereocenters. The van der Waals surface area contributed by atoms with Crippen molar-refractivity contribution < 1.29 is 4.79 Å². The summed E-state index contributed by atoms with van der Waals surface area (Å²) in [4.78, 5) is 17.3. The van der Waals surface area contributed by atoms with Crippen molar-refractivity contribution in [2.45, 2.75) is 44.6 Å². The van der Waals surface area contributed by atoms with E-state index in [1.807, 2.05) is 24.4 Å². The van der Waals surface area contributed by atoms with Crippen molar-refractivity contribution in [2.75, 3.05) is 0 Å². The molecule has 1 aliphatic rings. The van der Waals surface area contributed by atoms with Crippen molar-refractivity contribution >= 4 is 17.2 Å². The maximum Gasteiger partial charge on any atom is 0.252 e. The molecule has 1 N–H and O–H groups in total. The Kier molecular flexibility index (Phi) is 4.44. The smallest absolute Gasteiger partial charge is 0.252 e. The van der Waals surface area contributed by atoms with Crippen molar-refractivity contribution in [2.24, 2.45) is 0 Å². The summed E-state index contributed by atoms with van der Waals surface area (Å²) in [6, 6.07) is 9.42. The molecule has 118 valence electrons. The van der Waals surface area contributed by atoms with Gasteiger partial charge < -0.3 is 5.32 Å². The Morgan fingerprint density at radius 1 is 1.43 bits per heavy atom. The summed E-state index contributed by atoms with van der Waals surface area (Å²) in [7, 11) is 0. The molecule has 1 amide bonds. The number of thiazole rings is 1. The van der Waals surface area contributed by atoms with E-state index in [9.17, 15) is 4.79 Å². The number of amides is 1. The van der Waals surface area contributed by atoms with Gasteiger partial charge in [0.15, 0.2) is 0 Å². The Bertz CT molecular complexity index is 754. The SMILES string of the molecule is Cc1csc(C2(NC(=O)c3cccc(CC#N)c3)CCCC2)n1. The first-order chi connectivity index (χ1) is 11.1. The summed E-state index contributed by atoms with van der Waals surface area (Å²) in [5, 5.41) is 15.1. The van der Waals surface area contributed by atoms with Gasteiger partial charge in [-0.3, -0.25) is 4.79 Å². The number of hydrogen-bond acceptors (Lipinski definition) is 4. The molecule has 0 radical (unpaired) electrons. The van der Waals surface area contributed by atoms with Crippen molar-refractivity contribution in [3.05, 3.63) is 51.5 Å². The molecule has 0 atom stereocenters. The topological polar surface area (TPSA) is 65.8 Å². The van der Waals surface area contributed by atoms with E-state index < -0.39 is 0 Å². The van der Waals surface area contributed by atoms with E-state index in [0.29, 0.717) is 12.0 Å². The average Bonchev–Trinajstić information content (AvgIpc) is 3.18. The largest absolute Gasteiger partial charge is 0.340 e. The van der Waals surface area contributed by atoms with Crippen LogP contribution in [0.15, 0.2) is 29.6 Å². The molecule has 1 aliphatic carbocycles. The van der Waals surface area contributed by atoms with Crippen LogP contribution in [0.5, 0.6) is 0 Å². The lowest BCUT2D eigenvalue weighted by molar-refractivity contribution is 0.0898. The van der Waals surface area contributed by atoms with E-state index >= 15 is 0 Å². The lowest BCUT2D eigenvalue weighted by atomic mass is 9.97. The van der Waals surface area contributed by atoms with Gasteiger partial charge in [-0.1, -0.05) is 25.0 Å². The lowest BCUT2D eigenvalue weighted by Crippen LogP contribution is -2.43. The van der Waals surface area contributed by atoms with Crippen LogP contribution >= 0.6 is 11.3 Å². The van der Waals surface area contributed by atoms with E-state index in [1.165, 1.54) is 0 Å². The highest BCUT2D eigenvalue weighted by atomic mass is 32.1.